The highest BCUT2D eigenvalue weighted by atomic mass is 32.2. The van der Waals surface area contributed by atoms with E-state index in [0.717, 1.165) is 28.6 Å². The highest BCUT2D eigenvalue weighted by molar-refractivity contribution is 8.00. The number of nitrogens with zero attached hydrogens (tertiary/aromatic N) is 3. The molecule has 0 unspecified atom stereocenters. The van der Waals surface area contributed by atoms with Crippen LogP contribution in [0.15, 0.2) is 17.3 Å². The highest BCUT2D eigenvalue weighted by Crippen LogP contribution is 2.49. The normalized spacial score (nSPS) is 16.3. The van der Waals surface area contributed by atoms with Gasteiger partial charge in [0.25, 0.3) is 0 Å². The molecule has 0 radical (unpaired) electrons. The van der Waals surface area contributed by atoms with Crippen LogP contribution in [0, 0.1) is 6.92 Å². The van der Waals surface area contributed by atoms with Gasteiger partial charge in [-0.3, -0.25) is 4.79 Å². The molecule has 2 aromatic heterocycles. The average Bonchev–Trinajstić information content (AvgIpc) is 3.15. The van der Waals surface area contributed by atoms with Crippen molar-refractivity contribution in [2.24, 2.45) is 0 Å². The highest BCUT2D eigenvalue weighted by Gasteiger charge is 2.43. The molecule has 0 spiro atoms. The summed E-state index contributed by atoms with van der Waals surface area (Å²) in [4.78, 5) is 20.0. The van der Waals surface area contributed by atoms with E-state index in [2.05, 4.69) is 20.8 Å². The molecule has 0 amide bonds. The molecule has 2 aromatic rings. The number of carbonyl (C=O) groups is 1. The lowest BCUT2D eigenvalue weighted by molar-refractivity contribution is -0.133. The van der Waals surface area contributed by atoms with Crippen molar-refractivity contribution in [1.82, 2.24) is 14.5 Å². The number of carboxylic acids is 1. The number of imidazole rings is 1. The van der Waals surface area contributed by atoms with Crippen LogP contribution in [0.3, 0.4) is 0 Å². The number of aliphatic carboxylic acids is 1. The van der Waals surface area contributed by atoms with Crippen LogP contribution in [0.1, 0.15) is 18.5 Å². The number of pyridine rings is 1. The number of rotatable bonds is 6. The predicted octanol–water partition coefficient (Wildman–Crippen LogP) is 2.81. The topological polar surface area (TPSA) is 68.0 Å². The minimum atomic E-state index is -0.825. The molecule has 1 aliphatic carbocycles. The lowest BCUT2D eigenvalue weighted by Crippen LogP contribution is -2.15. The fraction of sp³-hybridized carbons (Fsp3) is 0.500. The standard InChI is InChI=1S/C14H17N3O2S2/c1-9-3-4-10-12(15-9)17(8-14(20-2)5-6-14)13(16-10)21-7-11(18)19/h3-4H,5-8H2,1-2H3,(H,18,19). The van der Waals surface area contributed by atoms with E-state index in [4.69, 9.17) is 5.11 Å². The number of hydrogen-bond acceptors (Lipinski definition) is 5. The van der Waals surface area contributed by atoms with E-state index in [1.54, 1.807) is 0 Å². The first-order chi connectivity index (χ1) is 10.0. The predicted molar refractivity (Wildman–Crippen MR) is 86.1 cm³/mol. The summed E-state index contributed by atoms with van der Waals surface area (Å²) >= 11 is 3.15. The molecule has 0 saturated heterocycles. The maximum absolute atomic E-state index is 10.8. The summed E-state index contributed by atoms with van der Waals surface area (Å²) in [6.45, 7) is 2.81. The lowest BCUT2D eigenvalue weighted by Gasteiger charge is -2.15. The van der Waals surface area contributed by atoms with E-state index >= 15 is 0 Å². The van der Waals surface area contributed by atoms with Gasteiger partial charge in [-0.1, -0.05) is 11.8 Å². The van der Waals surface area contributed by atoms with E-state index in [1.165, 1.54) is 24.6 Å². The molecule has 1 fully saturated rings. The van der Waals surface area contributed by atoms with E-state index < -0.39 is 5.97 Å². The Bertz CT molecular complexity index is 695. The molecule has 5 nitrogen and oxygen atoms in total. The minimum absolute atomic E-state index is 0.0224. The van der Waals surface area contributed by atoms with Crippen molar-refractivity contribution in [2.75, 3.05) is 12.0 Å². The molecular weight excluding hydrogens is 306 g/mol. The SMILES string of the molecule is CSC1(Cn2c(SCC(=O)O)nc3ccc(C)nc32)CC1. The number of fused-ring (bicyclic) bond motifs is 1. The minimum Gasteiger partial charge on any atom is -0.481 e. The van der Waals surface area contributed by atoms with Crippen molar-refractivity contribution >= 4 is 40.7 Å². The lowest BCUT2D eigenvalue weighted by atomic mass is 10.3. The average molecular weight is 323 g/mol. The van der Waals surface area contributed by atoms with Crippen molar-refractivity contribution in [2.45, 2.75) is 36.2 Å². The number of aromatic nitrogens is 3. The van der Waals surface area contributed by atoms with Crippen molar-refractivity contribution in [1.29, 1.82) is 0 Å². The maximum atomic E-state index is 10.8. The second kappa shape index (κ2) is 5.53. The molecule has 0 bridgehead atoms. The summed E-state index contributed by atoms with van der Waals surface area (Å²) in [5, 5.41) is 9.65. The van der Waals surface area contributed by atoms with Crippen LogP contribution in [0.5, 0.6) is 0 Å². The molecule has 0 atom stereocenters. The first-order valence-corrected chi connectivity index (χ1v) is 8.98. The van der Waals surface area contributed by atoms with Gasteiger partial charge in [-0.15, -0.1) is 0 Å². The van der Waals surface area contributed by atoms with E-state index in [0.29, 0.717) is 0 Å². The molecule has 2 heterocycles. The molecule has 112 valence electrons. The Labute approximate surface area is 131 Å². The molecule has 3 rings (SSSR count). The second-order valence-electron chi connectivity index (χ2n) is 5.35. The van der Waals surface area contributed by atoms with Crippen LogP contribution >= 0.6 is 23.5 Å². The zero-order valence-corrected chi connectivity index (χ0v) is 13.6. The molecule has 0 aliphatic heterocycles. The fourth-order valence-corrected chi connectivity index (χ4v) is 3.80. The zero-order valence-electron chi connectivity index (χ0n) is 12.0. The van der Waals surface area contributed by atoms with Crippen LogP contribution < -0.4 is 0 Å². The fourth-order valence-electron chi connectivity index (χ4n) is 2.31. The zero-order chi connectivity index (χ0) is 15.0. The van der Waals surface area contributed by atoms with Gasteiger partial charge in [-0.05, 0) is 38.2 Å². The van der Waals surface area contributed by atoms with Gasteiger partial charge in [0.15, 0.2) is 10.8 Å². The number of thioether (sulfide) groups is 2. The Morgan fingerprint density at radius 1 is 1.43 bits per heavy atom. The second-order valence-corrected chi connectivity index (χ2v) is 7.56. The van der Waals surface area contributed by atoms with Crippen LogP contribution in [-0.4, -0.2) is 42.4 Å². The largest absolute Gasteiger partial charge is 0.481 e. The van der Waals surface area contributed by atoms with Crippen LogP contribution in [0.4, 0.5) is 0 Å². The summed E-state index contributed by atoms with van der Waals surface area (Å²) in [6, 6.07) is 3.89. The van der Waals surface area contributed by atoms with Crippen LogP contribution in [0.25, 0.3) is 11.2 Å². The Morgan fingerprint density at radius 2 is 2.19 bits per heavy atom. The molecule has 1 N–H and O–H groups in total. The first-order valence-electron chi connectivity index (χ1n) is 6.77. The van der Waals surface area contributed by atoms with Gasteiger partial charge < -0.3 is 9.67 Å². The third-order valence-corrected chi connectivity index (χ3v) is 6.07. The van der Waals surface area contributed by atoms with Gasteiger partial charge in [0, 0.05) is 17.0 Å². The molecule has 7 heteroatoms. The summed E-state index contributed by atoms with van der Waals surface area (Å²) in [5.41, 5.74) is 2.65. The van der Waals surface area contributed by atoms with Gasteiger partial charge in [-0.2, -0.15) is 11.8 Å². The summed E-state index contributed by atoms with van der Waals surface area (Å²) < 4.78 is 2.37. The van der Waals surface area contributed by atoms with Crippen molar-refractivity contribution in [3.8, 4) is 0 Å². The quantitative estimate of drug-likeness (QED) is 0.825. The van der Waals surface area contributed by atoms with Gasteiger partial charge >= 0.3 is 5.97 Å². The van der Waals surface area contributed by atoms with Crippen LogP contribution in [0.2, 0.25) is 0 Å². The number of aryl methyl sites for hydroxylation is 1. The van der Waals surface area contributed by atoms with E-state index in [9.17, 15) is 4.79 Å². The molecule has 1 aliphatic rings. The molecule has 21 heavy (non-hydrogen) atoms. The molecule has 1 saturated carbocycles. The number of carboxylic acid groups (broad SMARTS) is 1. The van der Waals surface area contributed by atoms with E-state index in [-0.39, 0.29) is 10.5 Å². The Morgan fingerprint density at radius 3 is 2.81 bits per heavy atom. The van der Waals surface area contributed by atoms with Crippen molar-refractivity contribution < 1.29 is 9.90 Å². The summed E-state index contributed by atoms with van der Waals surface area (Å²) in [5.74, 6) is -0.803. The summed E-state index contributed by atoms with van der Waals surface area (Å²) in [7, 11) is 0. The molecule has 0 aromatic carbocycles. The number of hydrogen-bond donors (Lipinski definition) is 1. The summed E-state index contributed by atoms with van der Waals surface area (Å²) in [6.07, 6.45) is 4.53. The Kier molecular flexibility index (Phi) is 3.88. The van der Waals surface area contributed by atoms with Crippen molar-refractivity contribution in [3.63, 3.8) is 0 Å². The van der Waals surface area contributed by atoms with Crippen molar-refractivity contribution in [3.05, 3.63) is 17.8 Å². The first kappa shape index (κ1) is 14.7. The third kappa shape index (κ3) is 3.03. The van der Waals surface area contributed by atoms with E-state index in [1.807, 2.05) is 30.8 Å². The van der Waals surface area contributed by atoms with Gasteiger partial charge in [0.05, 0.1) is 5.75 Å². The van der Waals surface area contributed by atoms with Gasteiger partial charge in [-0.25, -0.2) is 9.97 Å². The smallest absolute Gasteiger partial charge is 0.313 e. The molecular formula is C14H17N3O2S2. The van der Waals surface area contributed by atoms with Gasteiger partial charge in [0.1, 0.15) is 5.52 Å². The maximum Gasteiger partial charge on any atom is 0.313 e. The van der Waals surface area contributed by atoms with Crippen LogP contribution in [-0.2, 0) is 11.3 Å². The van der Waals surface area contributed by atoms with Gasteiger partial charge in [0.2, 0.25) is 0 Å². The Balaban J connectivity index is 2.01. The monoisotopic (exact) mass is 323 g/mol. The Hall–Kier alpha value is -1.21. The third-order valence-electron chi connectivity index (χ3n) is 3.71.